The fraction of sp³-hybridized carbons (Fsp3) is 0.684. The molecular formula is C19H35IN6. The van der Waals surface area contributed by atoms with Crippen LogP contribution in [-0.2, 0) is 6.54 Å². The summed E-state index contributed by atoms with van der Waals surface area (Å²) in [6.07, 6.45) is 4.52. The minimum atomic E-state index is 0. The Labute approximate surface area is 175 Å². The molecule has 7 heteroatoms. The molecule has 1 aliphatic rings. The smallest absolute Gasteiger partial charge is 0.191 e. The maximum absolute atomic E-state index is 4.57. The third kappa shape index (κ3) is 6.57. The van der Waals surface area contributed by atoms with Crippen LogP contribution in [0.4, 0.5) is 5.82 Å². The molecule has 1 saturated heterocycles. The first-order chi connectivity index (χ1) is 12.2. The van der Waals surface area contributed by atoms with Gasteiger partial charge in [-0.15, -0.1) is 24.0 Å². The second-order valence-electron chi connectivity index (χ2n) is 6.43. The minimum absolute atomic E-state index is 0. The van der Waals surface area contributed by atoms with E-state index in [-0.39, 0.29) is 24.0 Å². The lowest BCUT2D eigenvalue weighted by molar-refractivity contribution is 0.267. The first-order valence-corrected chi connectivity index (χ1v) is 9.60. The molecular weight excluding hydrogens is 439 g/mol. The van der Waals surface area contributed by atoms with Gasteiger partial charge < -0.3 is 15.5 Å². The Kier molecular flexibility index (Phi) is 10.9. The van der Waals surface area contributed by atoms with E-state index in [2.05, 4.69) is 63.3 Å². The van der Waals surface area contributed by atoms with Crippen LogP contribution in [0.3, 0.4) is 0 Å². The standard InChI is InChI=1S/C19H34N6.HI/c1-5-24(6-2)18-11-10-16(13-21-18)14-22-19(20-4)23-15-17-9-8-12-25(17)7-3;/h10-11,13,17H,5-9,12,14-15H2,1-4H3,(H2,20,22,23);1H. The lowest BCUT2D eigenvalue weighted by atomic mass is 10.2. The predicted octanol–water partition coefficient (Wildman–Crippen LogP) is 2.70. The number of hydrogen-bond donors (Lipinski definition) is 2. The van der Waals surface area contributed by atoms with Gasteiger partial charge in [-0.05, 0) is 51.4 Å². The van der Waals surface area contributed by atoms with Crippen molar-refractivity contribution >= 4 is 35.8 Å². The molecule has 0 aromatic carbocycles. The number of aliphatic imine (C=N–C) groups is 1. The zero-order valence-electron chi connectivity index (χ0n) is 16.7. The highest BCUT2D eigenvalue weighted by atomic mass is 127. The number of hydrogen-bond acceptors (Lipinski definition) is 4. The van der Waals surface area contributed by atoms with E-state index < -0.39 is 0 Å². The number of anilines is 1. The molecule has 6 nitrogen and oxygen atoms in total. The van der Waals surface area contributed by atoms with Gasteiger partial charge in [0, 0.05) is 45.5 Å². The van der Waals surface area contributed by atoms with Crippen LogP contribution in [0.2, 0.25) is 0 Å². The number of rotatable bonds is 8. The third-order valence-corrected chi connectivity index (χ3v) is 4.99. The van der Waals surface area contributed by atoms with Crippen molar-refractivity contribution in [1.82, 2.24) is 20.5 Å². The molecule has 1 aromatic heterocycles. The molecule has 0 spiro atoms. The highest BCUT2D eigenvalue weighted by molar-refractivity contribution is 14.0. The molecule has 1 aliphatic heterocycles. The lowest BCUT2D eigenvalue weighted by Crippen LogP contribution is -2.44. The molecule has 0 amide bonds. The van der Waals surface area contributed by atoms with Gasteiger partial charge >= 0.3 is 0 Å². The highest BCUT2D eigenvalue weighted by Gasteiger charge is 2.22. The first kappa shape index (κ1) is 23.0. The number of guanidine groups is 1. The fourth-order valence-electron chi connectivity index (χ4n) is 3.42. The summed E-state index contributed by atoms with van der Waals surface area (Å²) in [4.78, 5) is 13.7. The van der Waals surface area contributed by atoms with E-state index in [0.717, 1.165) is 50.1 Å². The van der Waals surface area contributed by atoms with Gasteiger partial charge in [0.15, 0.2) is 5.96 Å². The van der Waals surface area contributed by atoms with Gasteiger partial charge in [0.25, 0.3) is 0 Å². The molecule has 2 N–H and O–H groups in total. The Morgan fingerprint density at radius 2 is 2.04 bits per heavy atom. The number of likely N-dealkylation sites (N-methyl/N-ethyl adjacent to an activating group) is 1. The largest absolute Gasteiger partial charge is 0.357 e. The predicted molar refractivity (Wildman–Crippen MR) is 122 cm³/mol. The van der Waals surface area contributed by atoms with Crippen LogP contribution in [0.1, 0.15) is 39.2 Å². The summed E-state index contributed by atoms with van der Waals surface area (Å²) in [7, 11) is 1.82. The van der Waals surface area contributed by atoms with Crippen molar-refractivity contribution in [3.05, 3.63) is 23.9 Å². The van der Waals surface area contributed by atoms with E-state index in [4.69, 9.17) is 0 Å². The van der Waals surface area contributed by atoms with Crippen molar-refractivity contribution in [1.29, 1.82) is 0 Å². The van der Waals surface area contributed by atoms with Gasteiger partial charge in [-0.2, -0.15) is 0 Å². The summed E-state index contributed by atoms with van der Waals surface area (Å²) in [6, 6.07) is 4.85. The molecule has 2 rings (SSSR count). The van der Waals surface area contributed by atoms with Gasteiger partial charge in [0.05, 0.1) is 0 Å². The fourth-order valence-corrected chi connectivity index (χ4v) is 3.42. The van der Waals surface area contributed by atoms with E-state index in [0.29, 0.717) is 6.04 Å². The van der Waals surface area contributed by atoms with Crippen molar-refractivity contribution in [2.45, 2.75) is 46.2 Å². The summed E-state index contributed by atoms with van der Waals surface area (Å²) in [5.41, 5.74) is 1.16. The number of halogens is 1. The van der Waals surface area contributed by atoms with Crippen molar-refractivity contribution in [3.8, 4) is 0 Å². The molecule has 0 bridgehead atoms. The molecule has 2 heterocycles. The number of aromatic nitrogens is 1. The number of nitrogens with one attached hydrogen (secondary N) is 2. The molecule has 0 radical (unpaired) electrons. The monoisotopic (exact) mass is 474 g/mol. The molecule has 148 valence electrons. The average Bonchev–Trinajstić information content (AvgIpc) is 3.11. The summed E-state index contributed by atoms with van der Waals surface area (Å²) >= 11 is 0. The van der Waals surface area contributed by atoms with Gasteiger partial charge in [-0.3, -0.25) is 9.89 Å². The maximum Gasteiger partial charge on any atom is 0.191 e. The van der Waals surface area contributed by atoms with E-state index in [1.165, 1.54) is 19.4 Å². The second kappa shape index (κ2) is 12.3. The Balaban J connectivity index is 0.00000338. The second-order valence-corrected chi connectivity index (χ2v) is 6.43. The lowest BCUT2D eigenvalue weighted by Gasteiger charge is -2.24. The highest BCUT2D eigenvalue weighted by Crippen LogP contribution is 2.15. The quantitative estimate of drug-likeness (QED) is 0.345. The molecule has 1 unspecified atom stereocenters. The first-order valence-electron chi connectivity index (χ1n) is 9.60. The van der Waals surface area contributed by atoms with Crippen LogP contribution in [0.15, 0.2) is 23.3 Å². The SMILES string of the molecule is CCN(CC)c1ccc(CNC(=NC)NCC2CCCN2CC)cn1.I. The van der Waals surface area contributed by atoms with Crippen molar-refractivity contribution < 1.29 is 0 Å². The topological polar surface area (TPSA) is 55.8 Å². The van der Waals surface area contributed by atoms with Crippen molar-refractivity contribution in [2.24, 2.45) is 4.99 Å². The van der Waals surface area contributed by atoms with Crippen LogP contribution < -0.4 is 15.5 Å². The minimum Gasteiger partial charge on any atom is -0.357 e. The normalized spacial score (nSPS) is 17.7. The molecule has 26 heavy (non-hydrogen) atoms. The average molecular weight is 474 g/mol. The number of pyridine rings is 1. The number of nitrogens with zero attached hydrogens (tertiary/aromatic N) is 4. The summed E-state index contributed by atoms with van der Waals surface area (Å²) in [5, 5.41) is 6.85. The third-order valence-electron chi connectivity index (χ3n) is 4.99. The number of likely N-dealkylation sites (tertiary alicyclic amines) is 1. The molecule has 1 fully saturated rings. The van der Waals surface area contributed by atoms with Gasteiger partial charge in [0.2, 0.25) is 0 Å². The van der Waals surface area contributed by atoms with E-state index in [1.807, 2.05) is 13.2 Å². The molecule has 1 atom stereocenters. The maximum atomic E-state index is 4.57. The van der Waals surface area contributed by atoms with Crippen molar-refractivity contribution in [3.63, 3.8) is 0 Å². The van der Waals surface area contributed by atoms with Crippen LogP contribution in [0, 0.1) is 0 Å². The zero-order chi connectivity index (χ0) is 18.1. The van der Waals surface area contributed by atoms with E-state index in [9.17, 15) is 0 Å². The van der Waals surface area contributed by atoms with Crippen LogP contribution in [-0.4, -0.2) is 61.7 Å². The van der Waals surface area contributed by atoms with Crippen LogP contribution in [0.5, 0.6) is 0 Å². The van der Waals surface area contributed by atoms with Gasteiger partial charge in [-0.1, -0.05) is 13.0 Å². The summed E-state index contributed by atoms with van der Waals surface area (Å²) < 4.78 is 0. The van der Waals surface area contributed by atoms with Gasteiger partial charge in [-0.25, -0.2) is 4.98 Å². The van der Waals surface area contributed by atoms with Crippen molar-refractivity contribution in [2.75, 3.05) is 44.7 Å². The Hall–Kier alpha value is -1.09. The van der Waals surface area contributed by atoms with E-state index >= 15 is 0 Å². The summed E-state index contributed by atoms with van der Waals surface area (Å²) in [6.45, 7) is 12.5. The summed E-state index contributed by atoms with van der Waals surface area (Å²) in [5.74, 6) is 1.90. The van der Waals surface area contributed by atoms with Crippen LogP contribution in [0.25, 0.3) is 0 Å². The van der Waals surface area contributed by atoms with Gasteiger partial charge in [0.1, 0.15) is 5.82 Å². The zero-order valence-corrected chi connectivity index (χ0v) is 19.0. The Bertz CT molecular complexity index is 529. The molecule has 0 saturated carbocycles. The molecule has 1 aromatic rings. The Morgan fingerprint density at radius 3 is 2.62 bits per heavy atom. The molecule has 0 aliphatic carbocycles. The van der Waals surface area contributed by atoms with Crippen LogP contribution >= 0.6 is 24.0 Å². The van der Waals surface area contributed by atoms with E-state index in [1.54, 1.807) is 0 Å². The Morgan fingerprint density at radius 1 is 1.27 bits per heavy atom.